The summed E-state index contributed by atoms with van der Waals surface area (Å²) in [4.78, 5) is 23.8. The van der Waals surface area contributed by atoms with Crippen LogP contribution in [0.2, 0.25) is 0 Å². The van der Waals surface area contributed by atoms with Gasteiger partial charge in [0.1, 0.15) is 5.57 Å². The van der Waals surface area contributed by atoms with Crippen molar-refractivity contribution in [3.05, 3.63) is 27.5 Å². The molecule has 0 bridgehead atoms. The van der Waals surface area contributed by atoms with Crippen LogP contribution in [0.3, 0.4) is 0 Å². The summed E-state index contributed by atoms with van der Waals surface area (Å²) in [6, 6.07) is 3.63. The maximum atomic E-state index is 11.2. The highest BCUT2D eigenvalue weighted by atomic mass is 32.1. The van der Waals surface area contributed by atoms with Crippen LogP contribution in [-0.2, 0) is 9.59 Å². The van der Waals surface area contributed by atoms with Crippen molar-refractivity contribution >= 4 is 29.2 Å². The fourth-order valence-corrected chi connectivity index (χ4v) is 1.87. The number of aryl methyl sites for hydroxylation is 1. The fraction of sp³-hybridized carbons (Fsp3) is 0.200. The highest BCUT2D eigenvalue weighted by Gasteiger charge is 2.15. The van der Waals surface area contributed by atoms with Crippen LogP contribution in [0.1, 0.15) is 9.75 Å². The monoisotopic (exact) mass is 225 g/mol. The summed E-state index contributed by atoms with van der Waals surface area (Å²) in [6.07, 6.45) is 1.36. The molecule has 0 fully saturated rings. The molecule has 15 heavy (non-hydrogen) atoms. The molecule has 0 amide bonds. The molecule has 1 aromatic heterocycles. The van der Waals surface area contributed by atoms with Crippen molar-refractivity contribution in [1.82, 2.24) is 0 Å². The van der Waals surface area contributed by atoms with Crippen molar-refractivity contribution in [3.8, 4) is 0 Å². The van der Waals surface area contributed by atoms with E-state index >= 15 is 0 Å². The van der Waals surface area contributed by atoms with Crippen molar-refractivity contribution in [2.45, 2.75) is 6.92 Å². The van der Waals surface area contributed by atoms with Crippen molar-refractivity contribution in [1.29, 1.82) is 0 Å². The second-order valence-corrected chi connectivity index (χ2v) is 4.26. The van der Waals surface area contributed by atoms with E-state index in [2.05, 4.69) is 0 Å². The van der Waals surface area contributed by atoms with Gasteiger partial charge in [0.05, 0.1) is 6.54 Å². The van der Waals surface area contributed by atoms with Crippen LogP contribution >= 0.6 is 11.3 Å². The van der Waals surface area contributed by atoms with Gasteiger partial charge in [-0.3, -0.25) is 4.79 Å². The first kappa shape index (κ1) is 11.6. The summed E-state index contributed by atoms with van der Waals surface area (Å²) in [5, 5.41) is 8.80. The molecule has 3 N–H and O–H groups in total. The molecule has 4 nitrogen and oxygen atoms in total. The Morgan fingerprint density at radius 2 is 2.20 bits per heavy atom. The highest BCUT2D eigenvalue weighted by Crippen LogP contribution is 2.18. The third kappa shape index (κ3) is 3.00. The Morgan fingerprint density at radius 3 is 2.60 bits per heavy atom. The number of Topliss-reactive ketones (excluding diaryl/α,β-unsaturated/α-hetero) is 1. The average Bonchev–Trinajstić information content (AvgIpc) is 2.59. The normalized spacial score (nSPS) is 11.5. The molecule has 0 saturated heterocycles. The zero-order valence-electron chi connectivity index (χ0n) is 8.19. The standard InChI is InChI=1S/C10H11NO3S/c1-6-2-3-7(15-6)4-8(10(13)14)9(12)5-11/h2-4H,5,11H2,1H3,(H,13,14)/b8-4-. The fourth-order valence-electron chi connectivity index (χ4n) is 1.04. The second kappa shape index (κ2) is 4.86. The number of carboxylic acid groups (broad SMARTS) is 1. The van der Waals surface area contributed by atoms with Crippen LogP contribution in [0.4, 0.5) is 0 Å². The van der Waals surface area contributed by atoms with E-state index in [0.29, 0.717) is 0 Å². The van der Waals surface area contributed by atoms with Gasteiger partial charge in [-0.15, -0.1) is 11.3 Å². The largest absolute Gasteiger partial charge is 0.478 e. The highest BCUT2D eigenvalue weighted by molar-refractivity contribution is 7.12. The van der Waals surface area contributed by atoms with Gasteiger partial charge < -0.3 is 10.8 Å². The maximum Gasteiger partial charge on any atom is 0.339 e. The number of carbonyl (C=O) groups is 2. The number of rotatable bonds is 4. The van der Waals surface area contributed by atoms with E-state index in [9.17, 15) is 9.59 Å². The Kier molecular flexibility index (Phi) is 3.76. The summed E-state index contributed by atoms with van der Waals surface area (Å²) in [7, 11) is 0. The van der Waals surface area contributed by atoms with Gasteiger partial charge in [0, 0.05) is 9.75 Å². The lowest BCUT2D eigenvalue weighted by molar-refractivity contribution is -0.134. The van der Waals surface area contributed by atoms with E-state index in [1.165, 1.54) is 17.4 Å². The predicted octanol–water partition coefficient (Wildman–Crippen LogP) is 1.05. The molecule has 0 aliphatic heterocycles. The lowest BCUT2D eigenvalue weighted by Crippen LogP contribution is -2.20. The lowest BCUT2D eigenvalue weighted by atomic mass is 10.1. The molecule has 0 aromatic carbocycles. The molecule has 0 atom stereocenters. The van der Waals surface area contributed by atoms with Crippen molar-refractivity contribution < 1.29 is 14.7 Å². The Morgan fingerprint density at radius 1 is 1.53 bits per heavy atom. The lowest BCUT2D eigenvalue weighted by Gasteiger charge is -1.97. The number of aliphatic carboxylic acids is 1. The molecule has 1 aromatic rings. The Balaban J connectivity index is 3.04. The molecule has 0 unspecified atom stereocenters. The Hall–Kier alpha value is -1.46. The van der Waals surface area contributed by atoms with Crippen LogP contribution in [0.15, 0.2) is 17.7 Å². The second-order valence-electron chi connectivity index (χ2n) is 2.94. The van der Waals surface area contributed by atoms with E-state index in [1.807, 2.05) is 13.0 Å². The summed E-state index contributed by atoms with van der Waals surface area (Å²) in [5.74, 6) is -1.80. The Labute approximate surface area is 91.0 Å². The molecule has 0 saturated carbocycles. The van der Waals surface area contributed by atoms with Gasteiger partial charge in [-0.1, -0.05) is 0 Å². The molecular formula is C10H11NO3S. The molecule has 0 spiro atoms. The van der Waals surface area contributed by atoms with Gasteiger partial charge in [-0.2, -0.15) is 0 Å². The third-order valence-corrected chi connectivity index (χ3v) is 2.71. The SMILES string of the molecule is Cc1ccc(/C=C(\C(=O)O)C(=O)CN)s1. The minimum atomic E-state index is -1.24. The van der Waals surface area contributed by atoms with Crippen LogP contribution < -0.4 is 5.73 Å². The van der Waals surface area contributed by atoms with Crippen LogP contribution in [0.5, 0.6) is 0 Å². The molecule has 0 radical (unpaired) electrons. The smallest absolute Gasteiger partial charge is 0.339 e. The van der Waals surface area contributed by atoms with Crippen LogP contribution in [0.25, 0.3) is 6.08 Å². The van der Waals surface area contributed by atoms with Gasteiger partial charge in [0.25, 0.3) is 0 Å². The first-order valence-corrected chi connectivity index (χ1v) is 5.11. The molecule has 0 aliphatic rings. The van der Waals surface area contributed by atoms with Crippen molar-refractivity contribution in [2.24, 2.45) is 5.73 Å². The first-order valence-electron chi connectivity index (χ1n) is 4.29. The van der Waals surface area contributed by atoms with E-state index in [4.69, 9.17) is 10.8 Å². The summed E-state index contributed by atoms with van der Waals surface area (Å²) >= 11 is 1.43. The number of nitrogens with two attached hydrogens (primary N) is 1. The number of thiophene rings is 1. The van der Waals surface area contributed by atoms with E-state index in [0.717, 1.165) is 9.75 Å². The number of carbonyl (C=O) groups excluding carboxylic acids is 1. The minimum Gasteiger partial charge on any atom is -0.478 e. The quantitative estimate of drug-likeness (QED) is 0.456. The van der Waals surface area contributed by atoms with E-state index in [-0.39, 0.29) is 12.1 Å². The van der Waals surface area contributed by atoms with Gasteiger partial charge in [0.2, 0.25) is 0 Å². The topological polar surface area (TPSA) is 80.4 Å². The summed E-state index contributed by atoms with van der Waals surface area (Å²) in [5.41, 5.74) is 4.85. The third-order valence-electron chi connectivity index (χ3n) is 1.76. The van der Waals surface area contributed by atoms with Gasteiger partial charge >= 0.3 is 5.97 Å². The van der Waals surface area contributed by atoms with Gasteiger partial charge in [0.15, 0.2) is 5.78 Å². The summed E-state index contributed by atoms with van der Waals surface area (Å²) in [6.45, 7) is 1.62. The number of hydrogen-bond donors (Lipinski definition) is 2. The van der Waals surface area contributed by atoms with Crippen molar-refractivity contribution in [2.75, 3.05) is 6.54 Å². The maximum absolute atomic E-state index is 11.2. The molecule has 80 valence electrons. The van der Waals surface area contributed by atoms with Crippen molar-refractivity contribution in [3.63, 3.8) is 0 Å². The molecule has 0 aliphatic carbocycles. The molecule has 5 heteroatoms. The molecular weight excluding hydrogens is 214 g/mol. The van der Waals surface area contributed by atoms with Gasteiger partial charge in [-0.25, -0.2) is 4.79 Å². The van der Waals surface area contributed by atoms with Gasteiger partial charge in [-0.05, 0) is 25.1 Å². The first-order chi connectivity index (χ1) is 7.04. The van der Waals surface area contributed by atoms with E-state index in [1.54, 1.807) is 6.07 Å². The number of carboxylic acids is 1. The van der Waals surface area contributed by atoms with Crippen LogP contribution in [0, 0.1) is 6.92 Å². The van der Waals surface area contributed by atoms with Crippen LogP contribution in [-0.4, -0.2) is 23.4 Å². The zero-order chi connectivity index (χ0) is 11.4. The minimum absolute atomic E-state index is 0.264. The predicted molar refractivity (Wildman–Crippen MR) is 58.7 cm³/mol. The van der Waals surface area contributed by atoms with E-state index < -0.39 is 11.8 Å². The average molecular weight is 225 g/mol. The number of hydrogen-bond acceptors (Lipinski definition) is 4. The zero-order valence-corrected chi connectivity index (χ0v) is 9.00. The molecule has 1 heterocycles. The summed E-state index contributed by atoms with van der Waals surface area (Å²) < 4.78 is 0. The Bertz CT molecular complexity index is 420. The molecule has 1 rings (SSSR count). The number of ketones is 1.